The Morgan fingerprint density at radius 3 is 2.45 bits per heavy atom. The Balaban J connectivity index is 2.92. The molecule has 0 fully saturated rings. The number of anilines is 1. The number of nitrogens with zero attached hydrogens (tertiary/aromatic N) is 2. The lowest BCUT2D eigenvalue weighted by Gasteiger charge is -2.24. The van der Waals surface area contributed by atoms with Gasteiger partial charge < -0.3 is 10.2 Å². The van der Waals surface area contributed by atoms with Crippen molar-refractivity contribution in [2.45, 2.75) is 46.5 Å². The standard InChI is InChI=1S/C14H22F3N3/c1-5-20(9-14(15,16)17)13-7-12(6-11(4)19-13)8-18-10(2)3/h6-7,10,18H,5,8-9H2,1-4H3. The lowest BCUT2D eigenvalue weighted by atomic mass is 10.2. The van der Waals surface area contributed by atoms with Crippen LogP contribution in [0.3, 0.4) is 0 Å². The summed E-state index contributed by atoms with van der Waals surface area (Å²) in [6.07, 6.45) is -4.22. The third kappa shape index (κ3) is 5.77. The first kappa shape index (κ1) is 16.8. The Morgan fingerprint density at radius 1 is 1.30 bits per heavy atom. The first-order chi connectivity index (χ1) is 9.21. The Bertz CT molecular complexity index is 430. The van der Waals surface area contributed by atoms with Crippen LogP contribution in [-0.2, 0) is 6.54 Å². The van der Waals surface area contributed by atoms with Crippen LogP contribution in [0.4, 0.5) is 19.0 Å². The topological polar surface area (TPSA) is 28.2 Å². The van der Waals surface area contributed by atoms with Crippen LogP contribution >= 0.6 is 0 Å². The second-order valence-corrected chi connectivity index (χ2v) is 5.14. The molecule has 3 nitrogen and oxygen atoms in total. The summed E-state index contributed by atoms with van der Waals surface area (Å²) in [5.41, 5.74) is 1.67. The number of hydrogen-bond acceptors (Lipinski definition) is 3. The van der Waals surface area contributed by atoms with Crippen molar-refractivity contribution < 1.29 is 13.2 Å². The Hall–Kier alpha value is -1.30. The normalized spacial score (nSPS) is 12.0. The zero-order valence-corrected chi connectivity index (χ0v) is 12.4. The summed E-state index contributed by atoms with van der Waals surface area (Å²) in [5.74, 6) is 0.380. The van der Waals surface area contributed by atoms with Crippen LogP contribution in [0.15, 0.2) is 12.1 Å². The predicted octanol–water partition coefficient (Wildman–Crippen LogP) is 3.28. The van der Waals surface area contributed by atoms with Gasteiger partial charge in [0.15, 0.2) is 0 Å². The van der Waals surface area contributed by atoms with Crippen molar-refractivity contribution in [1.29, 1.82) is 0 Å². The number of alkyl halides is 3. The van der Waals surface area contributed by atoms with Crippen LogP contribution in [0, 0.1) is 6.92 Å². The Morgan fingerprint density at radius 2 is 1.95 bits per heavy atom. The monoisotopic (exact) mass is 289 g/mol. The lowest BCUT2D eigenvalue weighted by Crippen LogP contribution is -2.35. The van der Waals surface area contributed by atoms with Gasteiger partial charge in [0.25, 0.3) is 0 Å². The highest BCUT2D eigenvalue weighted by atomic mass is 19.4. The molecule has 0 saturated carbocycles. The van der Waals surface area contributed by atoms with Gasteiger partial charge in [-0.25, -0.2) is 4.98 Å². The number of hydrogen-bond donors (Lipinski definition) is 1. The van der Waals surface area contributed by atoms with Crippen LogP contribution in [0.25, 0.3) is 0 Å². The number of halogens is 3. The van der Waals surface area contributed by atoms with E-state index in [1.54, 1.807) is 19.9 Å². The quantitative estimate of drug-likeness (QED) is 0.871. The van der Waals surface area contributed by atoms with E-state index in [1.165, 1.54) is 4.90 Å². The van der Waals surface area contributed by atoms with Gasteiger partial charge in [0, 0.05) is 24.8 Å². The van der Waals surface area contributed by atoms with Crippen LogP contribution in [0.5, 0.6) is 0 Å². The fraction of sp³-hybridized carbons (Fsp3) is 0.643. The van der Waals surface area contributed by atoms with Crippen molar-refractivity contribution in [3.63, 3.8) is 0 Å². The molecule has 1 heterocycles. The first-order valence-corrected chi connectivity index (χ1v) is 6.74. The molecule has 0 spiro atoms. The van der Waals surface area contributed by atoms with Crippen LogP contribution < -0.4 is 10.2 Å². The number of nitrogens with one attached hydrogen (secondary N) is 1. The first-order valence-electron chi connectivity index (χ1n) is 6.74. The van der Waals surface area contributed by atoms with Gasteiger partial charge in [0.1, 0.15) is 12.4 Å². The lowest BCUT2D eigenvalue weighted by molar-refractivity contribution is -0.119. The van der Waals surface area contributed by atoms with E-state index in [1.807, 2.05) is 19.9 Å². The molecule has 0 aliphatic rings. The van der Waals surface area contributed by atoms with Crippen LogP contribution in [0.2, 0.25) is 0 Å². The fourth-order valence-corrected chi connectivity index (χ4v) is 1.88. The van der Waals surface area contributed by atoms with E-state index in [0.717, 1.165) is 11.3 Å². The molecule has 1 N–H and O–H groups in total. The molecular formula is C14H22F3N3. The summed E-state index contributed by atoms with van der Waals surface area (Å²) in [6.45, 7) is 7.46. The highest BCUT2D eigenvalue weighted by Gasteiger charge is 2.30. The molecule has 6 heteroatoms. The third-order valence-electron chi connectivity index (χ3n) is 2.79. The van der Waals surface area contributed by atoms with E-state index in [4.69, 9.17) is 0 Å². The number of pyridine rings is 1. The minimum atomic E-state index is -4.22. The minimum Gasteiger partial charge on any atom is -0.348 e. The van der Waals surface area contributed by atoms with Gasteiger partial charge in [0.2, 0.25) is 0 Å². The molecule has 0 radical (unpaired) electrons. The second-order valence-electron chi connectivity index (χ2n) is 5.14. The zero-order valence-electron chi connectivity index (χ0n) is 12.4. The SMILES string of the molecule is CCN(CC(F)(F)F)c1cc(CNC(C)C)cc(C)n1. The van der Waals surface area contributed by atoms with Crippen molar-refractivity contribution in [3.05, 3.63) is 23.4 Å². The predicted molar refractivity (Wildman–Crippen MR) is 74.9 cm³/mol. The van der Waals surface area contributed by atoms with Gasteiger partial charge >= 0.3 is 6.18 Å². The second kappa shape index (κ2) is 6.92. The molecule has 0 unspecified atom stereocenters. The van der Waals surface area contributed by atoms with Crippen molar-refractivity contribution in [1.82, 2.24) is 10.3 Å². The van der Waals surface area contributed by atoms with Crippen LogP contribution in [-0.4, -0.2) is 30.3 Å². The van der Waals surface area contributed by atoms with Gasteiger partial charge in [-0.2, -0.15) is 13.2 Å². The zero-order chi connectivity index (χ0) is 15.3. The molecule has 0 atom stereocenters. The number of rotatable bonds is 6. The number of aryl methyl sites for hydroxylation is 1. The highest BCUT2D eigenvalue weighted by molar-refractivity contribution is 5.42. The summed E-state index contributed by atoms with van der Waals surface area (Å²) >= 11 is 0. The third-order valence-corrected chi connectivity index (χ3v) is 2.79. The van der Waals surface area contributed by atoms with Crippen molar-refractivity contribution >= 4 is 5.82 Å². The Labute approximate surface area is 118 Å². The molecule has 0 bridgehead atoms. The van der Waals surface area contributed by atoms with Crippen molar-refractivity contribution in [2.24, 2.45) is 0 Å². The maximum Gasteiger partial charge on any atom is 0.405 e. The van der Waals surface area contributed by atoms with E-state index in [-0.39, 0.29) is 6.54 Å². The summed E-state index contributed by atoms with van der Waals surface area (Å²) < 4.78 is 37.7. The molecule has 0 amide bonds. The molecule has 114 valence electrons. The van der Waals surface area contributed by atoms with E-state index in [0.29, 0.717) is 18.4 Å². The molecule has 1 aromatic heterocycles. The smallest absolute Gasteiger partial charge is 0.348 e. The molecule has 1 aromatic rings. The molecule has 0 aromatic carbocycles. The summed E-state index contributed by atoms with van der Waals surface area (Å²) in [5, 5.41) is 3.25. The van der Waals surface area contributed by atoms with E-state index < -0.39 is 12.7 Å². The average Bonchev–Trinajstić information content (AvgIpc) is 2.31. The largest absolute Gasteiger partial charge is 0.405 e. The molecule has 0 aliphatic heterocycles. The fourth-order valence-electron chi connectivity index (χ4n) is 1.88. The molecule has 20 heavy (non-hydrogen) atoms. The van der Waals surface area contributed by atoms with E-state index >= 15 is 0 Å². The average molecular weight is 289 g/mol. The highest BCUT2D eigenvalue weighted by Crippen LogP contribution is 2.22. The maximum atomic E-state index is 12.6. The molecule has 1 rings (SSSR count). The number of aromatic nitrogens is 1. The molecule has 0 saturated heterocycles. The van der Waals surface area contributed by atoms with E-state index in [2.05, 4.69) is 10.3 Å². The van der Waals surface area contributed by atoms with Gasteiger partial charge in [-0.15, -0.1) is 0 Å². The maximum absolute atomic E-state index is 12.6. The van der Waals surface area contributed by atoms with Crippen molar-refractivity contribution in [3.8, 4) is 0 Å². The summed E-state index contributed by atoms with van der Waals surface area (Å²) in [7, 11) is 0. The van der Waals surface area contributed by atoms with Gasteiger partial charge in [0.05, 0.1) is 0 Å². The van der Waals surface area contributed by atoms with Crippen LogP contribution in [0.1, 0.15) is 32.0 Å². The molecule has 0 aliphatic carbocycles. The van der Waals surface area contributed by atoms with Gasteiger partial charge in [-0.05, 0) is 31.5 Å². The van der Waals surface area contributed by atoms with Crippen molar-refractivity contribution in [2.75, 3.05) is 18.0 Å². The minimum absolute atomic E-state index is 0.271. The van der Waals surface area contributed by atoms with Gasteiger partial charge in [-0.1, -0.05) is 13.8 Å². The van der Waals surface area contributed by atoms with E-state index in [9.17, 15) is 13.2 Å². The van der Waals surface area contributed by atoms with Gasteiger partial charge in [-0.3, -0.25) is 0 Å². The summed E-state index contributed by atoms with van der Waals surface area (Å²) in [6, 6.07) is 3.93. The molecular weight excluding hydrogens is 267 g/mol. The summed E-state index contributed by atoms with van der Waals surface area (Å²) in [4.78, 5) is 5.46. The Kier molecular flexibility index (Phi) is 5.80.